The van der Waals surface area contributed by atoms with Crippen LogP contribution in [-0.4, -0.2) is 0 Å². The first-order valence-electron chi connectivity index (χ1n) is 2.06. The van der Waals surface area contributed by atoms with Crippen LogP contribution in [0.3, 0.4) is 0 Å². The van der Waals surface area contributed by atoms with Crippen molar-refractivity contribution < 1.29 is 42.1 Å². The second kappa shape index (κ2) is 6.52. The third-order valence-electron chi connectivity index (χ3n) is 0.747. The second-order valence-electron chi connectivity index (χ2n) is 1.23. The predicted octanol–water partition coefficient (Wildman–Crippen LogP) is 1.08. The van der Waals surface area contributed by atoms with E-state index < -0.39 is 0 Å². The van der Waals surface area contributed by atoms with Gasteiger partial charge in [0.1, 0.15) is 0 Å². The number of hydrogen-bond acceptors (Lipinski definition) is 0. The average molecular weight is 459 g/mol. The van der Waals surface area contributed by atoms with E-state index >= 15 is 0 Å². The molecule has 1 aromatic rings. The van der Waals surface area contributed by atoms with E-state index in [0.717, 1.165) is 5.69 Å². The third-order valence-corrected chi connectivity index (χ3v) is 0.747. The molecule has 0 bridgehead atoms. The van der Waals surface area contributed by atoms with Crippen molar-refractivity contribution in [3.8, 4) is 0 Å². The fourth-order valence-corrected chi connectivity index (χ4v) is 0.412. The molecule has 0 radical (unpaired) electrons. The van der Waals surface area contributed by atoms with Crippen molar-refractivity contribution in [3.05, 3.63) is 30.6 Å². The summed E-state index contributed by atoms with van der Waals surface area (Å²) in [5, 5.41) is 0. The van der Waals surface area contributed by atoms with Crippen molar-refractivity contribution in [2.24, 2.45) is 0 Å². The normalized spacial score (nSPS) is 6.67. The maximum Gasteiger partial charge on any atom is 2.00 e. The zero-order valence-electron chi connectivity index (χ0n) is 4.65. The van der Waals surface area contributed by atoms with Gasteiger partial charge in [0, 0.05) is 21.1 Å². The Morgan fingerprint density at radius 1 is 1.56 bits per heavy atom. The van der Waals surface area contributed by atoms with E-state index in [0.29, 0.717) is 0 Å². The molecule has 0 aliphatic heterocycles. The third kappa shape index (κ3) is 3.89. The molecule has 0 saturated heterocycles. The smallest absolute Gasteiger partial charge is 0.749 e. The van der Waals surface area contributed by atoms with Crippen LogP contribution in [0, 0.1) is 6.58 Å². The molecule has 0 saturated carbocycles. The fraction of sp³-hybridized carbons (Fsp3) is 0. The van der Waals surface area contributed by atoms with E-state index in [-0.39, 0.29) is 42.1 Å². The summed E-state index contributed by atoms with van der Waals surface area (Å²) >= 11 is 0. The van der Waals surface area contributed by atoms with Crippen molar-refractivity contribution in [2.75, 3.05) is 0 Å². The molecule has 46 valence electrons. The monoisotopic (exact) mass is 459 g/mol. The van der Waals surface area contributed by atoms with Gasteiger partial charge in [0.2, 0.25) is 0 Å². The number of nitrogens with zero attached hydrogens (tertiary/aromatic N) is 1. The van der Waals surface area contributed by atoms with Gasteiger partial charge in [-0.25, -0.2) is 0 Å². The molecule has 0 aliphatic carbocycles. The molecule has 0 N–H and O–H groups in total. The Bertz CT molecular complexity index is 146. The summed E-state index contributed by atoms with van der Waals surface area (Å²) in [4.78, 5) is 3.85. The number of aromatic nitrogens is 1. The summed E-state index contributed by atoms with van der Waals surface area (Å²) in [6, 6.07) is 3.69. The van der Waals surface area contributed by atoms with Gasteiger partial charge < -0.3 is 10.7 Å². The topological polar surface area (TPSA) is 14.1 Å². The van der Waals surface area contributed by atoms with Gasteiger partial charge in [-0.15, -0.1) is 6.07 Å². The van der Waals surface area contributed by atoms with E-state index in [2.05, 4.69) is 4.98 Å². The first-order chi connectivity index (χ1) is 3.43. The maximum atomic E-state index is 5.11. The first-order valence-corrected chi connectivity index (χ1v) is 2.06. The molecule has 3 heteroatoms. The van der Waals surface area contributed by atoms with Crippen LogP contribution in [0.25, 0.3) is 6.08 Å². The number of rotatable bonds is 1. The Morgan fingerprint density at radius 2 is 2.22 bits per heavy atom. The molecule has 9 heavy (non-hydrogen) atoms. The van der Waals surface area contributed by atoms with Gasteiger partial charge in [-0.05, 0) is 0 Å². The summed E-state index contributed by atoms with van der Waals surface area (Å²) in [7, 11) is 0. The SMILES string of the molecule is [CH-]=Cc1ccc[n-]1.[W+2].[W]. The van der Waals surface area contributed by atoms with Crippen LogP contribution in [-0.2, 0) is 42.1 Å². The van der Waals surface area contributed by atoms with Crippen molar-refractivity contribution in [1.82, 2.24) is 4.98 Å². The minimum Gasteiger partial charge on any atom is -0.749 e. The molecule has 0 atom stereocenters. The molecule has 1 nitrogen and oxygen atoms in total. The molecule has 0 aliphatic rings. The Kier molecular flexibility index (Phi) is 8.77. The van der Waals surface area contributed by atoms with E-state index in [1.165, 1.54) is 6.08 Å². The Morgan fingerprint density at radius 3 is 2.44 bits per heavy atom. The zero-order valence-corrected chi connectivity index (χ0v) is 10.5. The molecular weight excluding hydrogens is 454 g/mol. The molecule has 0 fully saturated rings. The van der Waals surface area contributed by atoms with Crippen LogP contribution in [0.15, 0.2) is 18.3 Å². The molecular formula is C6H5NW2. The second-order valence-corrected chi connectivity index (χ2v) is 1.23. The molecule has 0 spiro atoms. The number of hydrogen-bond donors (Lipinski definition) is 0. The van der Waals surface area contributed by atoms with Crippen LogP contribution in [0.5, 0.6) is 0 Å². The summed E-state index contributed by atoms with van der Waals surface area (Å²) in [5.41, 5.74) is 0.833. The maximum absolute atomic E-state index is 5.11. The van der Waals surface area contributed by atoms with Crippen molar-refractivity contribution in [1.29, 1.82) is 0 Å². The molecule has 1 heterocycles. The molecule has 0 aromatic carbocycles. The minimum absolute atomic E-state index is 0. The Balaban J connectivity index is 0. The van der Waals surface area contributed by atoms with E-state index in [1.54, 1.807) is 6.20 Å². The molecule has 1 rings (SSSR count). The van der Waals surface area contributed by atoms with Gasteiger partial charge in [-0.1, -0.05) is 0 Å². The molecule has 1 aromatic heterocycles. The van der Waals surface area contributed by atoms with Crippen LogP contribution >= 0.6 is 0 Å². The summed E-state index contributed by atoms with van der Waals surface area (Å²) in [6.07, 6.45) is 3.18. The fourth-order valence-electron chi connectivity index (χ4n) is 0.412. The van der Waals surface area contributed by atoms with Crippen LogP contribution in [0.1, 0.15) is 5.69 Å². The summed E-state index contributed by atoms with van der Waals surface area (Å²) < 4.78 is 0. The van der Waals surface area contributed by atoms with Crippen molar-refractivity contribution in [3.63, 3.8) is 0 Å². The van der Waals surface area contributed by atoms with Gasteiger partial charge in [0.05, 0.1) is 0 Å². The van der Waals surface area contributed by atoms with Gasteiger partial charge in [-0.3, -0.25) is 12.7 Å². The standard InChI is InChI=1S/C6H5N.2W/c1-2-6-4-3-5-7-6;;/h1-5H;;/q-2;;+2. The minimum atomic E-state index is 0. The quantitative estimate of drug-likeness (QED) is 0.575. The van der Waals surface area contributed by atoms with Gasteiger partial charge in [-0.2, -0.15) is 12.3 Å². The van der Waals surface area contributed by atoms with Crippen molar-refractivity contribution in [2.45, 2.75) is 0 Å². The summed E-state index contributed by atoms with van der Waals surface area (Å²) in [5.74, 6) is 0. The van der Waals surface area contributed by atoms with Gasteiger partial charge in [0.15, 0.2) is 0 Å². The predicted molar refractivity (Wildman–Crippen MR) is 28.5 cm³/mol. The first kappa shape index (κ1) is 12.1. The average Bonchev–Trinajstić information content (AvgIpc) is 2.14. The molecule has 0 unspecified atom stereocenters. The van der Waals surface area contributed by atoms with E-state index in [9.17, 15) is 0 Å². The van der Waals surface area contributed by atoms with Crippen LogP contribution in [0.4, 0.5) is 0 Å². The largest absolute Gasteiger partial charge is 2.00 e. The van der Waals surface area contributed by atoms with Crippen molar-refractivity contribution >= 4 is 6.08 Å². The van der Waals surface area contributed by atoms with Crippen LogP contribution in [0.2, 0.25) is 0 Å². The Labute approximate surface area is 83.5 Å². The molecule has 0 amide bonds. The van der Waals surface area contributed by atoms with Gasteiger partial charge >= 0.3 is 21.1 Å². The zero-order chi connectivity index (χ0) is 5.11. The summed E-state index contributed by atoms with van der Waals surface area (Å²) in [6.45, 7) is 5.11. The van der Waals surface area contributed by atoms with E-state index in [4.69, 9.17) is 6.58 Å². The van der Waals surface area contributed by atoms with E-state index in [1.807, 2.05) is 12.1 Å². The van der Waals surface area contributed by atoms with Crippen LogP contribution < -0.4 is 4.98 Å². The van der Waals surface area contributed by atoms with Gasteiger partial charge in [0.25, 0.3) is 0 Å². The Hall–Kier alpha value is 0.397.